The van der Waals surface area contributed by atoms with Gasteiger partial charge in [-0.05, 0) is 72.0 Å². The lowest BCUT2D eigenvalue weighted by atomic mass is 9.73. The number of aromatic amines is 1. The Bertz CT molecular complexity index is 990. The van der Waals surface area contributed by atoms with Crippen molar-refractivity contribution in [2.45, 2.75) is 91.1 Å². The van der Waals surface area contributed by atoms with Crippen LogP contribution in [-0.2, 0) is 4.74 Å². The second kappa shape index (κ2) is 11.1. The molecule has 3 heterocycles. The molecule has 0 aromatic carbocycles. The lowest BCUT2D eigenvalue weighted by Crippen LogP contribution is -2.63. The molecular formula is C28H44N6O2. The van der Waals surface area contributed by atoms with E-state index in [4.69, 9.17) is 9.73 Å². The van der Waals surface area contributed by atoms with Gasteiger partial charge in [-0.25, -0.2) is 9.79 Å². The van der Waals surface area contributed by atoms with Gasteiger partial charge in [-0.1, -0.05) is 25.8 Å². The zero-order chi connectivity index (χ0) is 25.8. The van der Waals surface area contributed by atoms with Gasteiger partial charge >= 0.3 is 6.09 Å². The number of nitrogens with one attached hydrogen (secondary N) is 2. The van der Waals surface area contributed by atoms with E-state index in [0.717, 1.165) is 62.9 Å². The highest BCUT2D eigenvalue weighted by Crippen LogP contribution is 2.41. The second-order valence-corrected chi connectivity index (χ2v) is 11.6. The zero-order valence-electron chi connectivity index (χ0n) is 22.8. The number of aromatic nitrogens is 2. The van der Waals surface area contributed by atoms with E-state index in [0.29, 0.717) is 5.92 Å². The lowest BCUT2D eigenvalue weighted by molar-refractivity contribution is -0.0461. The molecule has 2 saturated heterocycles. The Morgan fingerprint density at radius 3 is 2.64 bits per heavy atom. The molecule has 3 aliphatic rings. The number of hydrogen-bond donors (Lipinski definition) is 2. The monoisotopic (exact) mass is 496 g/mol. The van der Waals surface area contributed by atoms with Gasteiger partial charge in [0, 0.05) is 49.3 Å². The maximum Gasteiger partial charge on any atom is 0.410 e. The third-order valence-electron chi connectivity index (χ3n) is 7.28. The maximum absolute atomic E-state index is 12.7. The van der Waals surface area contributed by atoms with Gasteiger partial charge in [0.25, 0.3) is 0 Å². The van der Waals surface area contributed by atoms with Crippen LogP contribution in [0, 0.1) is 5.41 Å². The van der Waals surface area contributed by atoms with Crippen molar-refractivity contribution in [2.75, 3.05) is 31.5 Å². The molecule has 8 nitrogen and oxygen atoms in total. The predicted molar refractivity (Wildman–Crippen MR) is 145 cm³/mol. The molecule has 1 aromatic rings. The molecule has 1 spiro atoms. The van der Waals surface area contributed by atoms with Crippen LogP contribution < -0.4 is 5.32 Å². The van der Waals surface area contributed by atoms with Crippen LogP contribution in [0.3, 0.4) is 0 Å². The number of H-pyrrole nitrogens is 1. The number of aliphatic imine (C=N–C) groups is 1. The topological polar surface area (TPSA) is 85.9 Å². The van der Waals surface area contributed by atoms with Crippen LogP contribution in [0.25, 0.3) is 0 Å². The first kappa shape index (κ1) is 26.3. The minimum absolute atomic E-state index is 0.115. The summed E-state index contributed by atoms with van der Waals surface area (Å²) in [6, 6.07) is 2.13. The van der Waals surface area contributed by atoms with Crippen LogP contribution in [0.15, 0.2) is 35.1 Å². The molecule has 2 N–H and O–H groups in total. The number of likely N-dealkylation sites (tertiary alicyclic amines) is 2. The Morgan fingerprint density at radius 2 is 1.97 bits per heavy atom. The van der Waals surface area contributed by atoms with Crippen molar-refractivity contribution in [3.63, 3.8) is 0 Å². The Kier molecular flexibility index (Phi) is 8.10. The quantitative estimate of drug-likeness (QED) is 0.370. The van der Waals surface area contributed by atoms with Crippen LogP contribution in [0.4, 0.5) is 10.6 Å². The van der Waals surface area contributed by atoms with E-state index in [1.54, 1.807) is 0 Å². The number of anilines is 1. The molecule has 3 fully saturated rings. The Balaban J connectivity index is 1.41. The molecule has 1 amide bonds. The highest BCUT2D eigenvalue weighted by Gasteiger charge is 2.47. The largest absolute Gasteiger partial charge is 0.444 e. The van der Waals surface area contributed by atoms with Gasteiger partial charge in [0.15, 0.2) is 5.82 Å². The summed E-state index contributed by atoms with van der Waals surface area (Å²) in [5.41, 5.74) is 0.863. The number of amidine groups is 1. The molecule has 0 bridgehead atoms. The molecule has 8 heteroatoms. The number of ether oxygens (including phenoxy) is 1. The summed E-state index contributed by atoms with van der Waals surface area (Å²) in [6.07, 6.45) is 14.1. The van der Waals surface area contributed by atoms with Crippen molar-refractivity contribution < 1.29 is 9.53 Å². The first-order valence-corrected chi connectivity index (χ1v) is 13.7. The first-order chi connectivity index (χ1) is 17.2. The molecule has 1 aromatic heterocycles. The number of amides is 1. The molecule has 198 valence electrons. The van der Waals surface area contributed by atoms with Crippen LogP contribution in [-0.4, -0.2) is 63.7 Å². The molecular weight excluding hydrogens is 452 g/mol. The molecule has 0 atom stereocenters. The third-order valence-corrected chi connectivity index (χ3v) is 7.28. The van der Waals surface area contributed by atoms with E-state index in [1.165, 1.54) is 31.4 Å². The summed E-state index contributed by atoms with van der Waals surface area (Å²) in [5, 5.41) is 11.1. The summed E-state index contributed by atoms with van der Waals surface area (Å²) >= 11 is 0. The van der Waals surface area contributed by atoms with E-state index in [9.17, 15) is 4.79 Å². The first-order valence-electron chi connectivity index (χ1n) is 13.7. The van der Waals surface area contributed by atoms with Crippen molar-refractivity contribution in [1.29, 1.82) is 0 Å². The van der Waals surface area contributed by atoms with Gasteiger partial charge in [0.05, 0.1) is 0 Å². The standard InChI is InChI=1S/C28H44N6O2/c1-6-11-23(29-24-17-22(31-32-24)21-13-8-9-14-21)30-25(12-7-2)34-19-28(20-34)15-10-16-33(18-28)26(35)36-27(3,4)5/h6,11-12,17,21H,7-10,13-16,18-20H2,1-5H3,(H2,29,30,31,32)/b11-6-,25-12-. The Morgan fingerprint density at radius 1 is 1.25 bits per heavy atom. The van der Waals surface area contributed by atoms with E-state index >= 15 is 0 Å². The molecule has 2 aliphatic heterocycles. The number of allylic oxidation sites excluding steroid dienone is 2. The van der Waals surface area contributed by atoms with Gasteiger partial charge in [0.1, 0.15) is 17.3 Å². The summed E-state index contributed by atoms with van der Waals surface area (Å²) in [5.74, 6) is 3.16. The fraction of sp³-hybridized carbons (Fsp3) is 0.679. The average Bonchev–Trinajstić information content (AvgIpc) is 3.48. The van der Waals surface area contributed by atoms with E-state index in [1.807, 2.05) is 44.7 Å². The van der Waals surface area contributed by atoms with Crippen molar-refractivity contribution in [1.82, 2.24) is 20.0 Å². The third kappa shape index (κ3) is 6.51. The number of rotatable bonds is 6. The number of nitrogens with zero attached hydrogens (tertiary/aromatic N) is 4. The van der Waals surface area contributed by atoms with Crippen LogP contribution in [0.2, 0.25) is 0 Å². The lowest BCUT2D eigenvalue weighted by Gasteiger charge is -2.55. The molecule has 1 saturated carbocycles. The molecule has 4 rings (SSSR count). The van der Waals surface area contributed by atoms with Crippen LogP contribution >= 0.6 is 0 Å². The number of carbonyl (C=O) groups excluding carboxylic acids is 1. The summed E-state index contributed by atoms with van der Waals surface area (Å²) < 4.78 is 5.64. The van der Waals surface area contributed by atoms with Crippen molar-refractivity contribution in [3.05, 3.63) is 35.8 Å². The van der Waals surface area contributed by atoms with Gasteiger partial charge in [-0.15, -0.1) is 0 Å². The van der Waals surface area contributed by atoms with Crippen molar-refractivity contribution >= 4 is 17.7 Å². The van der Waals surface area contributed by atoms with Gasteiger partial charge in [-0.3, -0.25) is 5.10 Å². The van der Waals surface area contributed by atoms with Crippen LogP contribution in [0.1, 0.15) is 91.2 Å². The van der Waals surface area contributed by atoms with E-state index in [-0.39, 0.29) is 11.5 Å². The molecule has 36 heavy (non-hydrogen) atoms. The van der Waals surface area contributed by atoms with E-state index in [2.05, 4.69) is 39.5 Å². The smallest absolute Gasteiger partial charge is 0.410 e. The summed E-state index contributed by atoms with van der Waals surface area (Å²) in [7, 11) is 0. The fourth-order valence-electron chi connectivity index (χ4n) is 5.67. The van der Waals surface area contributed by atoms with Crippen molar-refractivity contribution in [2.24, 2.45) is 10.4 Å². The van der Waals surface area contributed by atoms with Crippen LogP contribution in [0.5, 0.6) is 0 Å². The van der Waals surface area contributed by atoms with Gasteiger partial charge in [0.2, 0.25) is 0 Å². The zero-order valence-corrected chi connectivity index (χ0v) is 22.8. The predicted octanol–water partition coefficient (Wildman–Crippen LogP) is 6.04. The normalized spacial score (nSPS) is 21.4. The highest BCUT2D eigenvalue weighted by molar-refractivity contribution is 6.03. The minimum atomic E-state index is -0.471. The van der Waals surface area contributed by atoms with Crippen molar-refractivity contribution in [3.8, 4) is 0 Å². The van der Waals surface area contributed by atoms with Gasteiger partial charge in [-0.2, -0.15) is 5.10 Å². The molecule has 1 aliphatic carbocycles. The SMILES string of the molecule is C\C=C/C(=N\C(=C\CC)N1CC2(CCCN(C(=O)OC(C)(C)C)C2)C1)Nc1cc(C2CCCC2)[nH]n1. The van der Waals surface area contributed by atoms with Gasteiger partial charge < -0.3 is 19.9 Å². The molecule has 0 unspecified atom stereocenters. The van der Waals surface area contributed by atoms with E-state index < -0.39 is 5.60 Å². The Hall–Kier alpha value is -2.77. The Labute approximate surface area is 216 Å². The summed E-state index contributed by atoms with van der Waals surface area (Å²) in [4.78, 5) is 21.9. The highest BCUT2D eigenvalue weighted by atomic mass is 16.6. The number of hydrogen-bond acceptors (Lipinski definition) is 5. The fourth-order valence-corrected chi connectivity index (χ4v) is 5.67. The number of piperidine rings is 1. The molecule has 0 radical (unpaired) electrons. The minimum Gasteiger partial charge on any atom is -0.444 e. The summed E-state index contributed by atoms with van der Waals surface area (Å²) in [6.45, 7) is 13.2. The maximum atomic E-state index is 12.7. The number of carbonyl (C=O) groups is 1. The second-order valence-electron chi connectivity index (χ2n) is 11.6. The average molecular weight is 497 g/mol.